The van der Waals surface area contributed by atoms with E-state index in [1.54, 1.807) is 24.3 Å². The third kappa shape index (κ3) is 1.20. The van der Waals surface area contributed by atoms with Crippen LogP contribution in [0.4, 0.5) is 0 Å². The zero-order valence-corrected chi connectivity index (χ0v) is 9.87. The van der Waals surface area contributed by atoms with Crippen LogP contribution in [0.5, 0.6) is 0 Å². The standard InChI is InChI=1S/C9H6Cl4O/c10-7-5-3-1-2-4-6(5)9(13,14)8(7,11)12/h1-4,7,14H. The molecule has 1 aromatic rings. The first-order valence-electron chi connectivity index (χ1n) is 3.91. The summed E-state index contributed by atoms with van der Waals surface area (Å²) in [5, 5.41) is 7.41. The fourth-order valence-corrected chi connectivity index (χ4v) is 2.69. The van der Waals surface area contributed by atoms with Crippen molar-refractivity contribution in [1.29, 1.82) is 0 Å². The summed E-state index contributed by atoms with van der Waals surface area (Å²) in [5.41, 5.74) is 1.13. The minimum absolute atomic E-state index is 0.465. The average molecular weight is 272 g/mol. The SMILES string of the molecule is OC1(Cl)c2ccccc2C(Cl)C1(Cl)Cl. The molecule has 0 radical (unpaired) electrons. The lowest BCUT2D eigenvalue weighted by Gasteiger charge is -2.28. The molecule has 0 fully saturated rings. The Balaban J connectivity index is 2.68. The van der Waals surface area contributed by atoms with Gasteiger partial charge in [-0.15, -0.1) is 11.6 Å². The van der Waals surface area contributed by atoms with Gasteiger partial charge in [0.2, 0.25) is 0 Å². The zero-order chi connectivity index (χ0) is 10.6. The first-order chi connectivity index (χ1) is 6.39. The normalized spacial score (nSPS) is 34.2. The average Bonchev–Trinajstić information content (AvgIpc) is 2.27. The maximum absolute atomic E-state index is 9.96. The molecular formula is C9H6Cl4O. The lowest BCUT2D eigenvalue weighted by Crippen LogP contribution is -2.35. The molecule has 0 saturated heterocycles. The van der Waals surface area contributed by atoms with Gasteiger partial charge in [0.25, 0.3) is 0 Å². The molecule has 2 atom stereocenters. The van der Waals surface area contributed by atoms with Crippen LogP contribution in [0.25, 0.3) is 0 Å². The number of fused-ring (bicyclic) bond motifs is 1. The molecular weight excluding hydrogens is 266 g/mol. The Labute approximate surface area is 102 Å². The smallest absolute Gasteiger partial charge is 0.199 e. The molecule has 0 amide bonds. The van der Waals surface area contributed by atoms with Crippen molar-refractivity contribution in [3.05, 3.63) is 35.4 Å². The Morgan fingerprint density at radius 3 is 2.29 bits per heavy atom. The molecule has 0 bridgehead atoms. The molecule has 76 valence electrons. The molecule has 5 heteroatoms. The van der Waals surface area contributed by atoms with Gasteiger partial charge in [0.15, 0.2) is 9.39 Å². The number of hydrogen-bond donors (Lipinski definition) is 1. The maximum atomic E-state index is 9.96. The van der Waals surface area contributed by atoms with Gasteiger partial charge in [0, 0.05) is 5.56 Å². The van der Waals surface area contributed by atoms with E-state index >= 15 is 0 Å². The number of benzene rings is 1. The van der Waals surface area contributed by atoms with Crippen LogP contribution in [0.15, 0.2) is 24.3 Å². The van der Waals surface area contributed by atoms with E-state index in [0.29, 0.717) is 11.1 Å². The van der Waals surface area contributed by atoms with Crippen molar-refractivity contribution in [2.75, 3.05) is 0 Å². The molecule has 1 aliphatic carbocycles. The second kappa shape index (κ2) is 3.16. The second-order valence-electron chi connectivity index (χ2n) is 3.19. The highest BCUT2D eigenvalue weighted by atomic mass is 35.5. The second-order valence-corrected chi connectivity index (χ2v) is 5.56. The third-order valence-electron chi connectivity index (χ3n) is 2.35. The van der Waals surface area contributed by atoms with Crippen LogP contribution in [-0.2, 0) is 5.06 Å². The topological polar surface area (TPSA) is 20.2 Å². The number of alkyl halides is 4. The molecule has 0 aliphatic heterocycles. The summed E-state index contributed by atoms with van der Waals surface area (Å²) in [7, 11) is 0. The molecule has 1 N–H and O–H groups in total. The predicted octanol–water partition coefficient (Wildman–Crippen LogP) is 3.54. The highest BCUT2D eigenvalue weighted by Gasteiger charge is 2.60. The molecule has 0 spiro atoms. The lowest BCUT2D eigenvalue weighted by atomic mass is 10.1. The number of rotatable bonds is 0. The fourth-order valence-electron chi connectivity index (χ4n) is 1.56. The van der Waals surface area contributed by atoms with Crippen LogP contribution in [-0.4, -0.2) is 9.44 Å². The van der Waals surface area contributed by atoms with Crippen molar-refractivity contribution < 1.29 is 5.11 Å². The van der Waals surface area contributed by atoms with Crippen molar-refractivity contribution in [2.24, 2.45) is 0 Å². The predicted molar refractivity (Wildman–Crippen MR) is 59.2 cm³/mol. The van der Waals surface area contributed by atoms with Gasteiger partial charge in [-0.2, -0.15) is 0 Å². The highest BCUT2D eigenvalue weighted by Crippen LogP contribution is 2.61. The van der Waals surface area contributed by atoms with Gasteiger partial charge in [-0.1, -0.05) is 59.1 Å². The van der Waals surface area contributed by atoms with Gasteiger partial charge in [0.1, 0.15) is 0 Å². The van der Waals surface area contributed by atoms with Gasteiger partial charge in [-0.25, -0.2) is 0 Å². The van der Waals surface area contributed by atoms with E-state index in [1.807, 2.05) is 0 Å². The van der Waals surface area contributed by atoms with Gasteiger partial charge < -0.3 is 5.11 Å². The molecule has 1 aliphatic rings. The van der Waals surface area contributed by atoms with E-state index in [4.69, 9.17) is 46.4 Å². The van der Waals surface area contributed by atoms with Crippen LogP contribution in [0.3, 0.4) is 0 Å². The van der Waals surface area contributed by atoms with E-state index in [9.17, 15) is 5.11 Å². The Bertz CT molecular complexity index is 375. The molecule has 1 nitrogen and oxygen atoms in total. The van der Waals surface area contributed by atoms with Crippen molar-refractivity contribution in [2.45, 2.75) is 14.8 Å². The Hall–Kier alpha value is 0.340. The quantitative estimate of drug-likeness (QED) is 0.716. The first kappa shape index (κ1) is 10.8. The molecule has 1 aromatic carbocycles. The van der Waals surface area contributed by atoms with Gasteiger partial charge in [-0.05, 0) is 5.56 Å². The zero-order valence-electron chi connectivity index (χ0n) is 6.85. The minimum Gasteiger partial charge on any atom is -0.368 e. The van der Waals surface area contributed by atoms with Crippen LogP contribution < -0.4 is 0 Å². The molecule has 2 rings (SSSR count). The Kier molecular flexibility index (Phi) is 2.45. The van der Waals surface area contributed by atoms with Crippen molar-refractivity contribution in [1.82, 2.24) is 0 Å². The summed E-state index contributed by atoms with van der Waals surface area (Å²) < 4.78 is -1.61. The van der Waals surface area contributed by atoms with Crippen LogP contribution >= 0.6 is 46.4 Å². The van der Waals surface area contributed by atoms with Crippen molar-refractivity contribution in [3.63, 3.8) is 0 Å². The third-order valence-corrected chi connectivity index (χ3v) is 4.82. The van der Waals surface area contributed by atoms with Crippen molar-refractivity contribution >= 4 is 46.4 Å². The van der Waals surface area contributed by atoms with Crippen LogP contribution in [0.1, 0.15) is 16.5 Å². The first-order valence-corrected chi connectivity index (χ1v) is 5.48. The summed E-state index contributed by atoms with van der Waals surface area (Å²) >= 11 is 23.8. The Morgan fingerprint density at radius 1 is 1.14 bits per heavy atom. The lowest BCUT2D eigenvalue weighted by molar-refractivity contribution is 0.120. The summed E-state index contributed by atoms with van der Waals surface area (Å²) in [6.07, 6.45) is 0. The van der Waals surface area contributed by atoms with Crippen LogP contribution in [0.2, 0.25) is 0 Å². The fraction of sp³-hybridized carbons (Fsp3) is 0.333. The summed E-state index contributed by atoms with van der Waals surface area (Å²) in [6, 6.07) is 6.93. The van der Waals surface area contributed by atoms with Crippen LogP contribution in [0, 0.1) is 0 Å². The number of hydrogen-bond acceptors (Lipinski definition) is 1. The van der Waals surface area contributed by atoms with E-state index in [1.165, 1.54) is 0 Å². The van der Waals surface area contributed by atoms with Gasteiger partial charge in [0.05, 0.1) is 5.38 Å². The van der Waals surface area contributed by atoms with E-state index in [0.717, 1.165) is 0 Å². The molecule has 0 saturated carbocycles. The van der Waals surface area contributed by atoms with Crippen molar-refractivity contribution in [3.8, 4) is 0 Å². The molecule has 14 heavy (non-hydrogen) atoms. The van der Waals surface area contributed by atoms with Gasteiger partial charge in [-0.3, -0.25) is 0 Å². The number of aliphatic hydroxyl groups is 1. The summed E-state index contributed by atoms with van der Waals surface area (Å²) in [4.78, 5) is 0. The van der Waals surface area contributed by atoms with Gasteiger partial charge >= 0.3 is 0 Å². The molecule has 0 heterocycles. The van der Waals surface area contributed by atoms with E-state index in [2.05, 4.69) is 0 Å². The van der Waals surface area contributed by atoms with E-state index < -0.39 is 14.8 Å². The molecule has 0 aromatic heterocycles. The highest BCUT2D eigenvalue weighted by molar-refractivity contribution is 6.57. The summed E-state index contributed by atoms with van der Waals surface area (Å²) in [6.45, 7) is 0. The summed E-state index contributed by atoms with van der Waals surface area (Å²) in [5.74, 6) is 0. The largest absolute Gasteiger partial charge is 0.368 e. The number of halogens is 4. The Morgan fingerprint density at radius 2 is 1.71 bits per heavy atom. The van der Waals surface area contributed by atoms with E-state index in [-0.39, 0.29) is 0 Å². The maximum Gasteiger partial charge on any atom is 0.199 e. The minimum atomic E-state index is -1.83. The monoisotopic (exact) mass is 270 g/mol. The molecule has 2 unspecified atom stereocenters.